The second kappa shape index (κ2) is 10.9. The number of rotatable bonds is 5. The van der Waals surface area contributed by atoms with Gasteiger partial charge in [0.1, 0.15) is 10.7 Å². The fraction of sp³-hybridized carbons (Fsp3) is 0.241. The van der Waals surface area contributed by atoms with Gasteiger partial charge < -0.3 is 9.88 Å². The van der Waals surface area contributed by atoms with E-state index in [1.807, 2.05) is 36.3 Å². The van der Waals surface area contributed by atoms with Crippen LogP contribution in [0.5, 0.6) is 0 Å². The third kappa shape index (κ3) is 5.14. The van der Waals surface area contributed by atoms with Crippen LogP contribution < -0.4 is 11.1 Å². The number of halogens is 1. The lowest BCUT2D eigenvalue weighted by Crippen LogP contribution is -2.38. The smallest absolute Gasteiger partial charge is 0.272 e. The van der Waals surface area contributed by atoms with Crippen LogP contribution in [0.4, 0.5) is 0 Å². The van der Waals surface area contributed by atoms with Gasteiger partial charge in [-0.05, 0) is 69.5 Å². The molecule has 1 fully saturated rings. The minimum atomic E-state index is -0.424. The molecule has 9 heteroatoms. The molecule has 1 aliphatic heterocycles. The maximum Gasteiger partial charge on any atom is 0.272 e. The van der Waals surface area contributed by atoms with Crippen molar-refractivity contribution < 1.29 is 4.79 Å². The van der Waals surface area contributed by atoms with Crippen LogP contribution in [0.15, 0.2) is 69.2 Å². The highest BCUT2D eigenvalue weighted by atomic mass is 35.5. The van der Waals surface area contributed by atoms with E-state index in [1.165, 1.54) is 22.1 Å². The average Bonchev–Trinajstić information content (AvgIpc) is 3.40. The van der Waals surface area contributed by atoms with E-state index in [9.17, 15) is 14.4 Å². The van der Waals surface area contributed by atoms with E-state index < -0.39 is 11.1 Å². The first-order valence-electron chi connectivity index (χ1n) is 12.5. The van der Waals surface area contributed by atoms with Crippen molar-refractivity contribution in [2.45, 2.75) is 33.1 Å². The number of allylic oxidation sites excluding steroid dienone is 1. The van der Waals surface area contributed by atoms with Crippen LogP contribution in [-0.4, -0.2) is 38.4 Å². The van der Waals surface area contributed by atoms with Gasteiger partial charge >= 0.3 is 0 Å². The van der Waals surface area contributed by atoms with Gasteiger partial charge in [-0.15, -0.1) is 11.3 Å². The number of nitrogens with one attached hydrogen (secondary N) is 1. The van der Waals surface area contributed by atoms with Gasteiger partial charge in [-0.3, -0.25) is 19.0 Å². The highest BCUT2D eigenvalue weighted by molar-refractivity contribution is 7.13. The van der Waals surface area contributed by atoms with Gasteiger partial charge in [0.15, 0.2) is 0 Å². The Morgan fingerprint density at radius 1 is 1.08 bits per heavy atom. The lowest BCUT2D eigenvalue weighted by molar-refractivity contribution is 0.0723. The summed E-state index contributed by atoms with van der Waals surface area (Å²) in [6.45, 7) is 5.11. The molecule has 3 aromatic heterocycles. The molecule has 4 heterocycles. The van der Waals surface area contributed by atoms with Crippen LogP contribution in [0, 0.1) is 0 Å². The zero-order chi connectivity index (χ0) is 26.8. The van der Waals surface area contributed by atoms with E-state index >= 15 is 0 Å². The maximum absolute atomic E-state index is 14.1. The molecule has 7 nitrogen and oxygen atoms in total. The molecule has 1 N–H and O–H groups in total. The molecule has 1 saturated heterocycles. The minimum absolute atomic E-state index is 0.147. The number of carbonyl (C=O) groups excluding carboxylic acids is 1. The molecule has 1 aliphatic rings. The second-order valence-corrected chi connectivity index (χ2v) is 10.8. The Labute approximate surface area is 229 Å². The first-order valence-corrected chi connectivity index (χ1v) is 13.7. The number of amides is 1. The Morgan fingerprint density at radius 3 is 2.50 bits per heavy atom. The van der Waals surface area contributed by atoms with Crippen LogP contribution in [0.2, 0.25) is 5.02 Å². The molecule has 0 unspecified atom stereocenters. The predicted molar refractivity (Wildman–Crippen MR) is 153 cm³/mol. The number of hydrogen-bond acceptors (Lipinski definition) is 5. The van der Waals surface area contributed by atoms with E-state index in [0.29, 0.717) is 40.1 Å². The normalized spacial score (nSPS) is 13.4. The van der Waals surface area contributed by atoms with Crippen molar-refractivity contribution in [2.75, 3.05) is 13.1 Å². The molecule has 0 bridgehead atoms. The van der Waals surface area contributed by atoms with E-state index in [-0.39, 0.29) is 17.2 Å². The van der Waals surface area contributed by atoms with E-state index in [2.05, 4.69) is 4.98 Å². The maximum atomic E-state index is 14.1. The van der Waals surface area contributed by atoms with Gasteiger partial charge in [-0.25, -0.2) is 4.98 Å². The van der Waals surface area contributed by atoms with Gasteiger partial charge in [0, 0.05) is 35.3 Å². The molecule has 0 radical (unpaired) electrons. The summed E-state index contributed by atoms with van der Waals surface area (Å²) in [6, 6.07) is 12.2. The molecule has 1 amide bonds. The van der Waals surface area contributed by atoms with Gasteiger partial charge in [-0.1, -0.05) is 29.3 Å². The summed E-state index contributed by atoms with van der Waals surface area (Å²) in [7, 11) is 0. The highest BCUT2D eigenvalue weighted by Gasteiger charge is 2.26. The third-order valence-electron chi connectivity index (χ3n) is 6.45. The number of aromatic nitrogens is 3. The number of aromatic amines is 1. The van der Waals surface area contributed by atoms with Crippen LogP contribution in [0.3, 0.4) is 0 Å². The van der Waals surface area contributed by atoms with Gasteiger partial charge in [-0.2, -0.15) is 0 Å². The molecule has 5 rings (SSSR count). The Morgan fingerprint density at radius 2 is 1.82 bits per heavy atom. The third-order valence-corrected chi connectivity index (χ3v) is 7.58. The quantitative estimate of drug-likeness (QED) is 0.331. The molecule has 1 aromatic carbocycles. The zero-order valence-corrected chi connectivity index (χ0v) is 22.7. The van der Waals surface area contributed by atoms with Gasteiger partial charge in [0.05, 0.1) is 22.5 Å². The fourth-order valence-corrected chi connectivity index (χ4v) is 5.58. The molecular weight excluding hydrogens is 520 g/mol. The van der Waals surface area contributed by atoms with E-state index in [4.69, 9.17) is 16.6 Å². The first kappa shape index (κ1) is 25.9. The summed E-state index contributed by atoms with van der Waals surface area (Å²) < 4.78 is 1.35. The van der Waals surface area contributed by atoms with Crippen molar-refractivity contribution in [3.8, 4) is 27.5 Å². The van der Waals surface area contributed by atoms with Crippen molar-refractivity contribution in [3.63, 3.8) is 0 Å². The summed E-state index contributed by atoms with van der Waals surface area (Å²) in [6.07, 6.45) is 6.26. The average molecular weight is 547 g/mol. The van der Waals surface area contributed by atoms with Crippen LogP contribution in [-0.2, 0) is 0 Å². The standard InChI is InChI=1S/C29H27ClN4O3S/c1-18(2)15-25-21(28(36)33-13-4-3-5-14-33)16-22(29(37)34(25)24-7-6-12-31-26(24)35)27-32-23(17-38-27)19-8-10-20(30)11-9-19/h6-12,15-17H,3-5,13-14H2,1-2H3,(H,31,35). The first-order chi connectivity index (χ1) is 18.3. The minimum Gasteiger partial charge on any atom is -0.339 e. The molecule has 4 aromatic rings. The van der Waals surface area contributed by atoms with Gasteiger partial charge in [0.2, 0.25) is 0 Å². The molecule has 0 aliphatic carbocycles. The number of H-pyrrole nitrogens is 1. The van der Waals surface area contributed by atoms with Crippen molar-refractivity contribution in [3.05, 3.63) is 96.6 Å². The van der Waals surface area contributed by atoms with E-state index in [1.54, 1.807) is 36.4 Å². The lowest BCUT2D eigenvalue weighted by atomic mass is 10.0. The number of pyridine rings is 2. The number of likely N-dealkylation sites (tertiary alicyclic amines) is 1. The number of carbonyl (C=O) groups is 1. The summed E-state index contributed by atoms with van der Waals surface area (Å²) in [5.41, 5.74) is 2.79. The number of thiazole rings is 1. The number of piperidine rings is 1. The van der Waals surface area contributed by atoms with Crippen LogP contribution in [0.1, 0.15) is 49.2 Å². The van der Waals surface area contributed by atoms with Gasteiger partial charge in [0.25, 0.3) is 17.0 Å². The number of hydrogen-bond donors (Lipinski definition) is 1. The lowest BCUT2D eigenvalue weighted by Gasteiger charge is -2.28. The Balaban J connectivity index is 1.77. The molecule has 194 valence electrons. The van der Waals surface area contributed by atoms with Crippen molar-refractivity contribution >= 4 is 34.9 Å². The highest BCUT2D eigenvalue weighted by Crippen LogP contribution is 2.30. The molecule has 0 spiro atoms. The van der Waals surface area contributed by atoms with E-state index in [0.717, 1.165) is 30.4 Å². The molecular formula is C29H27ClN4O3S. The van der Waals surface area contributed by atoms with Crippen LogP contribution in [0.25, 0.3) is 33.6 Å². The summed E-state index contributed by atoms with van der Waals surface area (Å²) >= 11 is 7.36. The summed E-state index contributed by atoms with van der Waals surface area (Å²) in [4.78, 5) is 50.1. The van der Waals surface area contributed by atoms with Crippen molar-refractivity contribution in [2.24, 2.45) is 0 Å². The number of nitrogens with zero attached hydrogens (tertiary/aromatic N) is 3. The second-order valence-electron chi connectivity index (χ2n) is 9.50. The monoisotopic (exact) mass is 546 g/mol. The largest absolute Gasteiger partial charge is 0.339 e. The van der Waals surface area contributed by atoms with Crippen molar-refractivity contribution in [1.29, 1.82) is 0 Å². The topological polar surface area (TPSA) is 88.1 Å². The predicted octanol–water partition coefficient (Wildman–Crippen LogP) is 6.02. The van der Waals surface area contributed by atoms with Crippen LogP contribution >= 0.6 is 22.9 Å². The fourth-order valence-electron chi connectivity index (χ4n) is 4.62. The zero-order valence-electron chi connectivity index (χ0n) is 21.2. The number of benzene rings is 1. The van der Waals surface area contributed by atoms with Crippen molar-refractivity contribution in [1.82, 2.24) is 19.4 Å². The molecule has 0 saturated carbocycles. The molecule has 0 atom stereocenters. The Hall–Kier alpha value is -3.75. The SMILES string of the molecule is CC(C)=Cc1c(C(=O)N2CCCCC2)cc(-c2nc(-c3ccc(Cl)cc3)cs2)c(=O)n1-c1ccc[nH]c1=O. The Kier molecular flexibility index (Phi) is 7.44. The Bertz CT molecular complexity index is 1640. The summed E-state index contributed by atoms with van der Waals surface area (Å²) in [5, 5.41) is 2.96. The summed E-state index contributed by atoms with van der Waals surface area (Å²) in [5.74, 6) is -0.158. The molecule has 38 heavy (non-hydrogen) atoms.